The molecule has 0 aromatic carbocycles. The summed E-state index contributed by atoms with van der Waals surface area (Å²) in [5.41, 5.74) is 4.51. The zero-order valence-corrected chi connectivity index (χ0v) is 14.1. The van der Waals surface area contributed by atoms with Crippen LogP contribution < -0.4 is 0 Å². The van der Waals surface area contributed by atoms with E-state index in [2.05, 4.69) is 19.9 Å². The van der Waals surface area contributed by atoms with Crippen LogP contribution in [0.25, 0.3) is 0 Å². The fraction of sp³-hybridized carbons (Fsp3) is 0.474. The molecule has 2 heteroatoms. The Bertz CT molecular complexity index is 460. The van der Waals surface area contributed by atoms with Crippen molar-refractivity contribution < 1.29 is 10.2 Å². The molecule has 0 atom stereocenters. The Morgan fingerprint density at radius 3 is 2.10 bits per heavy atom. The molecule has 0 amide bonds. The molecule has 0 bridgehead atoms. The van der Waals surface area contributed by atoms with E-state index in [9.17, 15) is 5.11 Å². The molecule has 0 fully saturated rings. The van der Waals surface area contributed by atoms with Gasteiger partial charge in [0, 0.05) is 13.0 Å². The molecule has 0 aliphatic carbocycles. The normalized spacial score (nSPS) is 15.6. The molecule has 0 aromatic rings. The molecule has 0 radical (unpaired) electrons. The average Bonchev–Trinajstić information content (AvgIpc) is 2.49. The molecule has 0 unspecified atom stereocenters. The Balaban J connectivity index is 4.99. The molecule has 2 N–H and O–H groups in total. The van der Waals surface area contributed by atoms with E-state index < -0.39 is 0 Å². The summed E-state index contributed by atoms with van der Waals surface area (Å²) < 4.78 is 0. The Kier molecular flexibility index (Phi) is 10.3. The monoisotopic (exact) mass is 290 g/mol. The molecule has 118 valence electrons. The van der Waals surface area contributed by atoms with E-state index in [0.717, 1.165) is 17.6 Å². The summed E-state index contributed by atoms with van der Waals surface area (Å²) in [6.07, 6.45) is 12.4. The Labute approximate surface area is 129 Å². The van der Waals surface area contributed by atoms with Gasteiger partial charge in [0.25, 0.3) is 0 Å². The highest BCUT2D eigenvalue weighted by molar-refractivity contribution is 5.40. The maximum atomic E-state index is 9.88. The van der Waals surface area contributed by atoms with Gasteiger partial charge in [-0.2, -0.15) is 0 Å². The van der Waals surface area contributed by atoms with Crippen LogP contribution >= 0.6 is 0 Å². The van der Waals surface area contributed by atoms with Gasteiger partial charge in [0.05, 0.1) is 5.76 Å². The van der Waals surface area contributed by atoms with Crippen LogP contribution in [0.1, 0.15) is 53.9 Å². The minimum atomic E-state index is 0.190. The van der Waals surface area contributed by atoms with Gasteiger partial charge in [-0.25, -0.2) is 0 Å². The number of aliphatic hydroxyl groups is 2. The van der Waals surface area contributed by atoms with Gasteiger partial charge in [0.2, 0.25) is 0 Å². The molecule has 21 heavy (non-hydrogen) atoms. The molecule has 0 heterocycles. The van der Waals surface area contributed by atoms with Crippen molar-refractivity contribution in [2.45, 2.75) is 53.9 Å². The molecular formula is C19H30O2. The van der Waals surface area contributed by atoms with Crippen LogP contribution in [-0.2, 0) is 0 Å². The first-order chi connectivity index (χ1) is 9.97. The maximum absolute atomic E-state index is 9.88. The van der Waals surface area contributed by atoms with Gasteiger partial charge in [-0.3, -0.25) is 0 Å². The first-order valence-corrected chi connectivity index (χ1v) is 7.69. The lowest BCUT2D eigenvalue weighted by Gasteiger charge is -2.10. The number of hydrogen-bond acceptors (Lipinski definition) is 2. The van der Waals surface area contributed by atoms with Crippen molar-refractivity contribution >= 4 is 0 Å². The highest BCUT2D eigenvalue weighted by Gasteiger charge is 2.05. The van der Waals surface area contributed by atoms with Crippen LogP contribution in [0.15, 0.2) is 58.4 Å². The smallest absolute Gasteiger partial charge is 0.0951 e. The van der Waals surface area contributed by atoms with Crippen LogP contribution in [0.2, 0.25) is 0 Å². The Hall–Kier alpha value is -1.54. The average molecular weight is 290 g/mol. The zero-order chi connectivity index (χ0) is 16.3. The van der Waals surface area contributed by atoms with Gasteiger partial charge in [0.1, 0.15) is 0 Å². The first-order valence-electron chi connectivity index (χ1n) is 7.69. The molecule has 0 rings (SSSR count). The molecule has 0 spiro atoms. The summed E-state index contributed by atoms with van der Waals surface area (Å²) in [5.74, 6) is 0.470. The molecule has 0 saturated heterocycles. The topological polar surface area (TPSA) is 40.5 Å². The highest BCUT2D eigenvalue weighted by Crippen LogP contribution is 2.22. The minimum Gasteiger partial charge on any atom is -0.512 e. The quantitative estimate of drug-likeness (QED) is 0.464. The van der Waals surface area contributed by atoms with E-state index in [1.165, 1.54) is 11.1 Å². The molecule has 0 saturated carbocycles. The number of hydrogen-bond donors (Lipinski definition) is 2. The van der Waals surface area contributed by atoms with Crippen LogP contribution in [0.4, 0.5) is 0 Å². The van der Waals surface area contributed by atoms with E-state index in [1.807, 2.05) is 45.1 Å². The number of allylic oxidation sites excluding steroid dienone is 9. The van der Waals surface area contributed by atoms with E-state index in [-0.39, 0.29) is 6.61 Å². The summed E-state index contributed by atoms with van der Waals surface area (Å²) >= 11 is 0. The fourth-order valence-corrected chi connectivity index (χ4v) is 2.15. The lowest BCUT2D eigenvalue weighted by molar-refractivity contribution is 0.302. The van der Waals surface area contributed by atoms with E-state index >= 15 is 0 Å². The van der Waals surface area contributed by atoms with Crippen molar-refractivity contribution in [2.75, 3.05) is 6.61 Å². The van der Waals surface area contributed by atoms with Gasteiger partial charge in [-0.15, -0.1) is 0 Å². The summed E-state index contributed by atoms with van der Waals surface area (Å²) in [6, 6.07) is 0. The maximum Gasteiger partial charge on any atom is 0.0951 e. The third-order valence-electron chi connectivity index (χ3n) is 3.46. The predicted octanol–water partition coefficient (Wildman–Crippen LogP) is 5.40. The van der Waals surface area contributed by atoms with E-state index in [1.54, 1.807) is 0 Å². The lowest BCUT2D eigenvalue weighted by atomic mass is 9.97. The third kappa shape index (κ3) is 7.72. The van der Waals surface area contributed by atoms with Crippen molar-refractivity contribution in [3.63, 3.8) is 0 Å². The van der Waals surface area contributed by atoms with Crippen molar-refractivity contribution in [1.82, 2.24) is 0 Å². The fourth-order valence-electron chi connectivity index (χ4n) is 2.15. The number of rotatable bonds is 8. The second-order valence-corrected chi connectivity index (χ2v) is 5.12. The lowest BCUT2D eigenvalue weighted by Crippen LogP contribution is -1.93. The van der Waals surface area contributed by atoms with Gasteiger partial charge >= 0.3 is 0 Å². The first kappa shape index (κ1) is 19.5. The SMILES string of the molecule is CCC(O)=C(C)C(CC)=C(C)C=CC=CC(C)=CCCO. The van der Waals surface area contributed by atoms with Crippen LogP contribution in [0.3, 0.4) is 0 Å². The largest absolute Gasteiger partial charge is 0.512 e. The number of aliphatic hydroxyl groups excluding tert-OH is 2. The minimum absolute atomic E-state index is 0.190. The molecule has 0 aromatic heterocycles. The van der Waals surface area contributed by atoms with Gasteiger partial charge in [-0.1, -0.05) is 49.8 Å². The van der Waals surface area contributed by atoms with Crippen molar-refractivity contribution in [2.24, 2.45) is 0 Å². The third-order valence-corrected chi connectivity index (χ3v) is 3.46. The standard InChI is InChI=1S/C19H30O2/c1-6-18(17(5)19(21)7-2)16(4)13-9-8-11-15(3)12-10-14-20/h8-9,11-13,20-21H,6-7,10,14H2,1-5H3. The molecule has 0 aliphatic heterocycles. The van der Waals surface area contributed by atoms with Crippen LogP contribution in [-0.4, -0.2) is 16.8 Å². The molecule has 0 aliphatic rings. The van der Waals surface area contributed by atoms with E-state index in [0.29, 0.717) is 18.6 Å². The zero-order valence-electron chi connectivity index (χ0n) is 14.1. The second kappa shape index (κ2) is 11.2. The van der Waals surface area contributed by atoms with Gasteiger partial charge < -0.3 is 10.2 Å². The van der Waals surface area contributed by atoms with Crippen molar-refractivity contribution in [1.29, 1.82) is 0 Å². The van der Waals surface area contributed by atoms with Crippen LogP contribution in [0, 0.1) is 0 Å². The second-order valence-electron chi connectivity index (χ2n) is 5.12. The molecular weight excluding hydrogens is 260 g/mol. The van der Waals surface area contributed by atoms with Crippen molar-refractivity contribution in [3.05, 3.63) is 58.4 Å². The Morgan fingerprint density at radius 1 is 0.952 bits per heavy atom. The van der Waals surface area contributed by atoms with Gasteiger partial charge in [-0.05, 0) is 50.3 Å². The van der Waals surface area contributed by atoms with Crippen LogP contribution in [0.5, 0.6) is 0 Å². The summed E-state index contributed by atoms with van der Waals surface area (Å²) in [7, 11) is 0. The predicted molar refractivity (Wildman–Crippen MR) is 92.4 cm³/mol. The summed E-state index contributed by atoms with van der Waals surface area (Å²) in [6.45, 7) is 10.3. The van der Waals surface area contributed by atoms with E-state index in [4.69, 9.17) is 5.11 Å². The van der Waals surface area contributed by atoms with Gasteiger partial charge in [0.15, 0.2) is 0 Å². The Morgan fingerprint density at radius 2 is 1.57 bits per heavy atom. The van der Waals surface area contributed by atoms with Crippen molar-refractivity contribution in [3.8, 4) is 0 Å². The highest BCUT2D eigenvalue weighted by atomic mass is 16.3. The summed E-state index contributed by atoms with van der Waals surface area (Å²) in [5, 5.41) is 18.6. The summed E-state index contributed by atoms with van der Waals surface area (Å²) in [4.78, 5) is 0. The molecule has 2 nitrogen and oxygen atoms in total.